The van der Waals surface area contributed by atoms with Crippen molar-refractivity contribution in [1.29, 1.82) is 0 Å². The number of hydrogen-bond acceptors (Lipinski definition) is 4. The van der Waals surface area contributed by atoms with E-state index in [-0.39, 0.29) is 17.2 Å². The van der Waals surface area contributed by atoms with Crippen molar-refractivity contribution in [2.45, 2.75) is 77.4 Å². The van der Waals surface area contributed by atoms with E-state index >= 15 is 0 Å². The summed E-state index contributed by atoms with van der Waals surface area (Å²) in [5, 5.41) is 10.3. The molecule has 0 aliphatic carbocycles. The number of aliphatic hydroxyl groups is 1. The molecule has 0 fully saturated rings. The number of halogens is 1. The van der Waals surface area contributed by atoms with Crippen LogP contribution in [-0.4, -0.2) is 44.6 Å². The minimum atomic E-state index is -1.80. The first-order chi connectivity index (χ1) is 9.44. The van der Waals surface area contributed by atoms with Crippen LogP contribution in [0, 0.1) is 0 Å². The number of ether oxygens (including phenoxy) is 2. The van der Waals surface area contributed by atoms with Gasteiger partial charge in [-0.05, 0) is 60.6 Å². The molecule has 0 spiro atoms. The lowest BCUT2D eigenvalue weighted by molar-refractivity contribution is -0.223. The second-order valence-electron chi connectivity index (χ2n) is 7.30. The molecule has 21 heavy (non-hydrogen) atoms. The van der Waals surface area contributed by atoms with Gasteiger partial charge in [0.1, 0.15) is 12.2 Å². The molecule has 6 heteroatoms. The second kappa shape index (κ2) is 7.40. The van der Waals surface area contributed by atoms with Crippen LogP contribution in [0.5, 0.6) is 0 Å². The monoisotopic (exact) mass is 428 g/mol. The van der Waals surface area contributed by atoms with Gasteiger partial charge in [0.2, 0.25) is 0 Å². The van der Waals surface area contributed by atoms with Gasteiger partial charge in [0.25, 0.3) is 0 Å². The van der Waals surface area contributed by atoms with Gasteiger partial charge >= 0.3 is 0 Å². The Labute approximate surface area is 143 Å². The quantitative estimate of drug-likeness (QED) is 0.534. The SMILES string of the molecule is CC(C)O[C@H]1O[C@H](CO[Si](C)(C)C(C)(C)C)C=C(I)[C@H]1O. The minimum Gasteiger partial charge on any atom is -0.414 e. The fraction of sp³-hybridized carbons (Fsp3) is 0.867. The van der Waals surface area contributed by atoms with Crippen LogP contribution in [0.4, 0.5) is 0 Å². The molecule has 1 rings (SSSR count). The Morgan fingerprint density at radius 1 is 1.38 bits per heavy atom. The maximum atomic E-state index is 10.1. The highest BCUT2D eigenvalue weighted by atomic mass is 127. The van der Waals surface area contributed by atoms with Crippen molar-refractivity contribution < 1.29 is 19.0 Å². The molecule has 1 aliphatic rings. The molecule has 0 bridgehead atoms. The molecule has 0 unspecified atom stereocenters. The van der Waals surface area contributed by atoms with Crippen molar-refractivity contribution in [2.24, 2.45) is 0 Å². The van der Waals surface area contributed by atoms with E-state index in [0.29, 0.717) is 6.61 Å². The Hall–Kier alpha value is 0.527. The molecule has 1 N–H and O–H groups in total. The molecule has 3 atom stereocenters. The number of hydrogen-bond donors (Lipinski definition) is 1. The lowest BCUT2D eigenvalue weighted by Crippen LogP contribution is -2.46. The van der Waals surface area contributed by atoms with E-state index in [0.717, 1.165) is 3.58 Å². The van der Waals surface area contributed by atoms with Crippen molar-refractivity contribution in [2.75, 3.05) is 6.61 Å². The van der Waals surface area contributed by atoms with Crippen LogP contribution in [0.3, 0.4) is 0 Å². The summed E-state index contributed by atoms with van der Waals surface area (Å²) in [6.07, 6.45) is 0.442. The highest BCUT2D eigenvalue weighted by Gasteiger charge is 2.39. The molecule has 0 radical (unpaired) electrons. The van der Waals surface area contributed by atoms with Crippen molar-refractivity contribution in [3.8, 4) is 0 Å². The zero-order valence-corrected chi connectivity index (χ0v) is 17.3. The predicted molar refractivity (Wildman–Crippen MR) is 96.1 cm³/mol. The predicted octanol–water partition coefficient (Wildman–Crippen LogP) is 3.84. The van der Waals surface area contributed by atoms with Crippen LogP contribution in [0.2, 0.25) is 18.1 Å². The summed E-state index contributed by atoms with van der Waals surface area (Å²) in [6.45, 7) is 15.5. The Morgan fingerprint density at radius 2 is 1.95 bits per heavy atom. The van der Waals surface area contributed by atoms with Gasteiger partial charge in [-0.25, -0.2) is 0 Å². The van der Waals surface area contributed by atoms with Crippen LogP contribution >= 0.6 is 22.6 Å². The first kappa shape index (κ1) is 19.6. The van der Waals surface area contributed by atoms with Gasteiger partial charge in [-0.15, -0.1) is 0 Å². The van der Waals surface area contributed by atoms with Gasteiger partial charge in [-0.3, -0.25) is 0 Å². The van der Waals surface area contributed by atoms with Crippen LogP contribution in [0.1, 0.15) is 34.6 Å². The molecule has 0 aromatic heterocycles. The lowest BCUT2D eigenvalue weighted by atomic mass is 10.2. The van der Waals surface area contributed by atoms with E-state index < -0.39 is 20.7 Å². The first-order valence-electron chi connectivity index (χ1n) is 7.44. The third-order valence-corrected chi connectivity index (χ3v) is 9.51. The van der Waals surface area contributed by atoms with Crippen LogP contribution < -0.4 is 0 Å². The minimum absolute atomic E-state index is 0.00825. The molecule has 1 aliphatic heterocycles. The highest BCUT2D eigenvalue weighted by molar-refractivity contribution is 14.1. The van der Waals surface area contributed by atoms with E-state index in [2.05, 4.69) is 56.5 Å². The maximum Gasteiger partial charge on any atom is 0.192 e. The van der Waals surface area contributed by atoms with Crippen molar-refractivity contribution >= 4 is 30.9 Å². The topological polar surface area (TPSA) is 47.9 Å². The normalized spacial score (nSPS) is 27.9. The van der Waals surface area contributed by atoms with Crippen LogP contribution in [-0.2, 0) is 13.9 Å². The number of rotatable bonds is 5. The largest absolute Gasteiger partial charge is 0.414 e. The van der Waals surface area contributed by atoms with Gasteiger partial charge in [0, 0.05) is 3.58 Å². The average molecular weight is 428 g/mol. The van der Waals surface area contributed by atoms with Crippen molar-refractivity contribution in [3.05, 3.63) is 9.66 Å². The summed E-state index contributed by atoms with van der Waals surface area (Å²) in [4.78, 5) is 0. The number of aliphatic hydroxyl groups excluding tert-OH is 1. The standard InChI is InChI=1S/C15H29IO4Si/c1-10(2)19-14-13(17)12(16)8-11(20-14)9-18-21(6,7)15(3,4)5/h8,10-11,13-14,17H,9H2,1-7H3/t11-,13+,14-/m0/s1. The van der Waals surface area contributed by atoms with E-state index in [1.807, 2.05) is 19.9 Å². The molecule has 0 aromatic rings. The Morgan fingerprint density at radius 3 is 2.43 bits per heavy atom. The van der Waals surface area contributed by atoms with E-state index in [4.69, 9.17) is 13.9 Å². The summed E-state index contributed by atoms with van der Waals surface area (Å²) in [6, 6.07) is 0. The van der Waals surface area contributed by atoms with Crippen molar-refractivity contribution in [3.63, 3.8) is 0 Å². The molecule has 0 aromatic carbocycles. The molecular formula is C15H29IO4Si. The molecular weight excluding hydrogens is 399 g/mol. The van der Waals surface area contributed by atoms with Gasteiger partial charge < -0.3 is 19.0 Å². The average Bonchev–Trinajstić information content (AvgIpc) is 2.30. The third-order valence-electron chi connectivity index (χ3n) is 4.02. The van der Waals surface area contributed by atoms with Crippen LogP contribution in [0.25, 0.3) is 0 Å². The lowest BCUT2D eigenvalue weighted by Gasteiger charge is -2.38. The molecule has 0 amide bonds. The Kier molecular flexibility index (Phi) is 6.90. The molecule has 0 saturated carbocycles. The summed E-state index contributed by atoms with van der Waals surface area (Å²) in [7, 11) is -1.80. The first-order valence-corrected chi connectivity index (χ1v) is 11.4. The molecule has 1 heterocycles. The third kappa shape index (κ3) is 5.58. The summed E-state index contributed by atoms with van der Waals surface area (Å²) in [5.41, 5.74) is 0. The summed E-state index contributed by atoms with van der Waals surface area (Å²) >= 11 is 2.14. The zero-order chi connectivity index (χ0) is 16.4. The summed E-state index contributed by atoms with van der Waals surface area (Å²) < 4.78 is 18.5. The van der Waals surface area contributed by atoms with Crippen molar-refractivity contribution in [1.82, 2.24) is 0 Å². The fourth-order valence-corrected chi connectivity index (χ4v) is 3.37. The zero-order valence-electron chi connectivity index (χ0n) is 14.1. The molecule has 0 saturated heterocycles. The van der Waals surface area contributed by atoms with Crippen LogP contribution in [0.15, 0.2) is 9.66 Å². The Bertz CT molecular complexity index is 376. The fourth-order valence-electron chi connectivity index (χ4n) is 1.66. The van der Waals surface area contributed by atoms with Gasteiger partial charge in [-0.2, -0.15) is 0 Å². The highest BCUT2D eigenvalue weighted by Crippen LogP contribution is 2.37. The van der Waals surface area contributed by atoms with E-state index in [9.17, 15) is 5.11 Å². The molecule has 4 nitrogen and oxygen atoms in total. The maximum absolute atomic E-state index is 10.1. The smallest absolute Gasteiger partial charge is 0.192 e. The van der Waals surface area contributed by atoms with Gasteiger partial charge in [-0.1, -0.05) is 20.8 Å². The van der Waals surface area contributed by atoms with Gasteiger partial charge in [0.15, 0.2) is 14.6 Å². The Balaban J connectivity index is 2.68. The second-order valence-corrected chi connectivity index (χ2v) is 13.4. The summed E-state index contributed by atoms with van der Waals surface area (Å²) in [5.74, 6) is 0. The van der Waals surface area contributed by atoms with E-state index in [1.54, 1.807) is 0 Å². The van der Waals surface area contributed by atoms with E-state index in [1.165, 1.54) is 0 Å². The van der Waals surface area contributed by atoms with Gasteiger partial charge in [0.05, 0.1) is 12.7 Å². The molecule has 124 valence electrons.